The SMILES string of the molecule is Cn1ccnc1SC[C@]1(O)CC[C@@H]2[C@@H]3CCC4=C[C@@H](O)CC[C@]4(C)[C@H]3CC[C@]21C. The van der Waals surface area contributed by atoms with Gasteiger partial charge < -0.3 is 14.8 Å². The van der Waals surface area contributed by atoms with E-state index in [1.54, 1.807) is 11.8 Å². The Balaban J connectivity index is 1.38. The van der Waals surface area contributed by atoms with Gasteiger partial charge in [-0.3, -0.25) is 0 Å². The maximum absolute atomic E-state index is 11.9. The van der Waals surface area contributed by atoms with Crippen LogP contribution in [0.25, 0.3) is 0 Å². The first-order valence-corrected chi connectivity index (χ1v) is 12.5. The molecule has 5 rings (SSSR count). The molecular formula is C24H36N2O2S. The van der Waals surface area contributed by atoms with Gasteiger partial charge in [-0.15, -0.1) is 0 Å². The van der Waals surface area contributed by atoms with Gasteiger partial charge in [-0.05, 0) is 74.5 Å². The van der Waals surface area contributed by atoms with Crippen LogP contribution in [-0.2, 0) is 7.05 Å². The van der Waals surface area contributed by atoms with Crippen LogP contribution in [0.2, 0.25) is 0 Å². The van der Waals surface area contributed by atoms with Crippen molar-refractivity contribution in [2.75, 3.05) is 5.75 Å². The van der Waals surface area contributed by atoms with Crippen molar-refractivity contribution in [3.05, 3.63) is 24.0 Å². The monoisotopic (exact) mass is 416 g/mol. The van der Waals surface area contributed by atoms with E-state index in [4.69, 9.17) is 0 Å². The second-order valence-corrected chi connectivity index (χ2v) is 11.7. The molecule has 0 spiro atoms. The Morgan fingerprint density at radius 3 is 2.69 bits per heavy atom. The number of hydrogen-bond acceptors (Lipinski definition) is 4. The van der Waals surface area contributed by atoms with Gasteiger partial charge in [-0.25, -0.2) is 4.98 Å². The first kappa shape index (κ1) is 20.1. The molecular weight excluding hydrogens is 380 g/mol. The summed E-state index contributed by atoms with van der Waals surface area (Å²) >= 11 is 1.72. The molecule has 1 aromatic heterocycles. The van der Waals surface area contributed by atoms with E-state index in [0.717, 1.165) is 61.3 Å². The highest BCUT2D eigenvalue weighted by Gasteiger charge is 2.63. The molecule has 29 heavy (non-hydrogen) atoms. The minimum Gasteiger partial charge on any atom is -0.389 e. The predicted octanol–water partition coefficient (Wildman–Crippen LogP) is 4.57. The number of fused-ring (bicyclic) bond motifs is 5. The Bertz CT molecular complexity index is 822. The Hall–Kier alpha value is -0.780. The molecule has 160 valence electrons. The minimum absolute atomic E-state index is 0.0120. The third-order valence-corrected chi connectivity index (χ3v) is 10.9. The quantitative estimate of drug-likeness (QED) is 0.560. The third kappa shape index (κ3) is 2.90. The van der Waals surface area contributed by atoms with E-state index in [2.05, 4.69) is 24.9 Å². The zero-order chi connectivity index (χ0) is 20.4. The summed E-state index contributed by atoms with van der Waals surface area (Å²) in [6.45, 7) is 4.86. The molecule has 0 aliphatic heterocycles. The van der Waals surface area contributed by atoms with Crippen LogP contribution in [0.15, 0.2) is 29.2 Å². The van der Waals surface area contributed by atoms with Crippen molar-refractivity contribution in [2.24, 2.45) is 35.6 Å². The van der Waals surface area contributed by atoms with E-state index in [1.807, 2.05) is 24.0 Å². The number of allylic oxidation sites excluding steroid dienone is 1. The molecule has 0 bridgehead atoms. The normalized spacial score (nSPS) is 46.6. The summed E-state index contributed by atoms with van der Waals surface area (Å²) in [5.74, 6) is 2.81. The molecule has 2 N–H and O–H groups in total. The van der Waals surface area contributed by atoms with Crippen molar-refractivity contribution in [3.63, 3.8) is 0 Å². The van der Waals surface area contributed by atoms with Gasteiger partial charge in [0.2, 0.25) is 0 Å². The van der Waals surface area contributed by atoms with Crippen LogP contribution in [0, 0.1) is 28.6 Å². The lowest BCUT2D eigenvalue weighted by Gasteiger charge is -2.59. The minimum atomic E-state index is -0.598. The number of hydrogen-bond donors (Lipinski definition) is 2. The Kier molecular flexibility index (Phi) is 4.77. The average Bonchev–Trinajstić information content (AvgIpc) is 3.22. The van der Waals surface area contributed by atoms with Gasteiger partial charge >= 0.3 is 0 Å². The van der Waals surface area contributed by atoms with Crippen LogP contribution in [-0.4, -0.2) is 37.2 Å². The molecule has 1 heterocycles. The first-order valence-electron chi connectivity index (χ1n) is 11.5. The number of thioether (sulfide) groups is 1. The van der Waals surface area contributed by atoms with Crippen molar-refractivity contribution >= 4 is 11.8 Å². The Morgan fingerprint density at radius 1 is 1.14 bits per heavy atom. The fourth-order valence-corrected chi connectivity index (χ4v) is 8.97. The van der Waals surface area contributed by atoms with E-state index in [1.165, 1.54) is 18.4 Å². The molecule has 0 radical (unpaired) electrons. The first-order chi connectivity index (χ1) is 13.8. The van der Waals surface area contributed by atoms with Gasteiger partial charge in [-0.2, -0.15) is 0 Å². The highest BCUT2D eigenvalue weighted by atomic mass is 32.2. The highest BCUT2D eigenvalue weighted by molar-refractivity contribution is 7.99. The number of aliphatic hydroxyl groups excluding tert-OH is 1. The molecule has 1 aromatic rings. The van der Waals surface area contributed by atoms with Crippen molar-refractivity contribution in [2.45, 2.75) is 82.1 Å². The van der Waals surface area contributed by atoms with Gasteiger partial charge in [-0.1, -0.05) is 37.3 Å². The maximum atomic E-state index is 11.9. The summed E-state index contributed by atoms with van der Waals surface area (Å²) in [5.41, 5.74) is 1.21. The summed E-state index contributed by atoms with van der Waals surface area (Å²) in [4.78, 5) is 4.45. The number of imidazole rings is 1. The van der Waals surface area contributed by atoms with Crippen LogP contribution in [0.3, 0.4) is 0 Å². The van der Waals surface area contributed by atoms with Gasteiger partial charge in [0.25, 0.3) is 0 Å². The van der Waals surface area contributed by atoms with Crippen LogP contribution in [0.4, 0.5) is 0 Å². The number of aromatic nitrogens is 2. The largest absolute Gasteiger partial charge is 0.389 e. The van der Waals surface area contributed by atoms with Crippen LogP contribution in [0.1, 0.15) is 65.2 Å². The molecule has 0 unspecified atom stereocenters. The average molecular weight is 417 g/mol. The molecule has 4 aliphatic rings. The van der Waals surface area contributed by atoms with Gasteiger partial charge in [0.05, 0.1) is 11.7 Å². The summed E-state index contributed by atoms with van der Waals surface area (Å²) < 4.78 is 2.05. The van der Waals surface area contributed by atoms with Gasteiger partial charge in [0, 0.05) is 30.6 Å². The van der Waals surface area contributed by atoms with Gasteiger partial charge in [0.15, 0.2) is 5.16 Å². The molecule has 4 aliphatic carbocycles. The van der Waals surface area contributed by atoms with Gasteiger partial charge in [0.1, 0.15) is 0 Å². The topological polar surface area (TPSA) is 58.3 Å². The molecule has 0 aromatic carbocycles. The standard InChI is InChI=1S/C24H36N2O2S/c1-22-9-6-17(27)14-16(22)4-5-18-19(22)7-10-23(2)20(18)8-11-24(23,28)15-29-21-25-12-13-26(21)3/h12-14,17-20,27-28H,4-11,15H2,1-3H3/t17-,18+,19-,20+,22-,23+,24+/m0/s1. The Labute approximate surface area is 179 Å². The molecule has 5 heteroatoms. The number of aryl methyl sites for hydroxylation is 1. The fourth-order valence-electron chi connectivity index (χ4n) is 7.73. The summed E-state index contributed by atoms with van der Waals surface area (Å²) in [5, 5.41) is 23.0. The van der Waals surface area contributed by atoms with Crippen LogP contribution >= 0.6 is 11.8 Å². The summed E-state index contributed by atoms with van der Waals surface area (Å²) in [7, 11) is 2.03. The van der Waals surface area contributed by atoms with Crippen molar-refractivity contribution in [1.29, 1.82) is 0 Å². The van der Waals surface area contributed by atoms with E-state index in [-0.39, 0.29) is 16.9 Å². The summed E-state index contributed by atoms with van der Waals surface area (Å²) in [6, 6.07) is 0. The molecule has 7 atom stereocenters. The smallest absolute Gasteiger partial charge is 0.167 e. The number of nitrogens with zero attached hydrogens (tertiary/aromatic N) is 2. The van der Waals surface area contributed by atoms with Crippen molar-refractivity contribution in [1.82, 2.24) is 9.55 Å². The van der Waals surface area contributed by atoms with Crippen LogP contribution < -0.4 is 0 Å². The lowest BCUT2D eigenvalue weighted by molar-refractivity contribution is -0.116. The van der Waals surface area contributed by atoms with E-state index in [9.17, 15) is 10.2 Å². The van der Waals surface area contributed by atoms with Crippen LogP contribution in [0.5, 0.6) is 0 Å². The van der Waals surface area contributed by atoms with E-state index in [0.29, 0.717) is 5.92 Å². The number of aliphatic hydroxyl groups is 2. The molecule has 3 fully saturated rings. The predicted molar refractivity (Wildman–Crippen MR) is 117 cm³/mol. The molecule has 0 amide bonds. The second-order valence-electron chi connectivity index (χ2n) is 10.8. The second kappa shape index (κ2) is 6.86. The molecule has 3 saturated carbocycles. The molecule has 0 saturated heterocycles. The maximum Gasteiger partial charge on any atom is 0.167 e. The molecule has 4 nitrogen and oxygen atoms in total. The Morgan fingerprint density at radius 2 is 1.93 bits per heavy atom. The van der Waals surface area contributed by atoms with Crippen molar-refractivity contribution in [3.8, 4) is 0 Å². The van der Waals surface area contributed by atoms with E-state index < -0.39 is 5.60 Å². The highest BCUT2D eigenvalue weighted by Crippen LogP contribution is 2.68. The summed E-state index contributed by atoms with van der Waals surface area (Å²) in [6.07, 6.45) is 14.6. The zero-order valence-corrected chi connectivity index (χ0v) is 18.9. The van der Waals surface area contributed by atoms with Crippen molar-refractivity contribution < 1.29 is 10.2 Å². The van der Waals surface area contributed by atoms with E-state index >= 15 is 0 Å². The fraction of sp³-hybridized carbons (Fsp3) is 0.792. The third-order valence-electron chi connectivity index (χ3n) is 9.63. The number of rotatable bonds is 3. The zero-order valence-electron chi connectivity index (χ0n) is 18.1. The lowest BCUT2D eigenvalue weighted by atomic mass is 9.46. The lowest BCUT2D eigenvalue weighted by Crippen LogP contribution is -2.55.